The number of anilines is 1. The summed E-state index contributed by atoms with van der Waals surface area (Å²) >= 11 is 1.66. The third kappa shape index (κ3) is 4.57. The quantitative estimate of drug-likeness (QED) is 0.712. The molecule has 4 rings (SSSR count). The van der Waals surface area contributed by atoms with Crippen LogP contribution in [0.3, 0.4) is 0 Å². The van der Waals surface area contributed by atoms with Crippen molar-refractivity contribution in [1.82, 2.24) is 14.8 Å². The van der Waals surface area contributed by atoms with Gasteiger partial charge < -0.3 is 4.90 Å². The summed E-state index contributed by atoms with van der Waals surface area (Å²) in [6.07, 6.45) is 6.20. The number of thiazole rings is 1. The molecule has 0 saturated carbocycles. The first kappa shape index (κ1) is 21.0. The van der Waals surface area contributed by atoms with Crippen molar-refractivity contribution in [2.24, 2.45) is 0 Å². The molecular weight excluding hydrogens is 396 g/mol. The van der Waals surface area contributed by atoms with E-state index in [1.165, 1.54) is 17.7 Å². The summed E-state index contributed by atoms with van der Waals surface area (Å²) in [6.45, 7) is 1.54. The first-order chi connectivity index (χ1) is 14.5. The molecule has 0 bridgehead atoms. The van der Waals surface area contributed by atoms with Crippen LogP contribution in [0.4, 0.5) is 5.13 Å². The molecule has 2 amide bonds. The van der Waals surface area contributed by atoms with Gasteiger partial charge in [-0.3, -0.25) is 19.4 Å². The number of aromatic nitrogens is 1. The zero-order chi connectivity index (χ0) is 21.1. The maximum absolute atomic E-state index is 13.5. The molecule has 7 heteroatoms. The molecule has 0 spiro atoms. The number of likely N-dealkylation sites (tertiary alicyclic amines) is 1. The molecule has 30 heavy (non-hydrogen) atoms. The second-order valence-electron chi connectivity index (χ2n) is 8.40. The minimum Gasteiger partial charge on any atom is -0.347 e. The summed E-state index contributed by atoms with van der Waals surface area (Å²) in [5, 5.41) is 0.797. The molecule has 1 aliphatic heterocycles. The molecule has 6 nitrogen and oxygen atoms in total. The Labute approximate surface area is 182 Å². The third-order valence-electron chi connectivity index (χ3n) is 5.98. The fraction of sp³-hybridized carbons (Fsp3) is 0.522. The van der Waals surface area contributed by atoms with Crippen LogP contribution in [0.1, 0.15) is 41.8 Å². The van der Waals surface area contributed by atoms with Gasteiger partial charge in [0.1, 0.15) is 0 Å². The largest absolute Gasteiger partial charge is 0.347 e. The van der Waals surface area contributed by atoms with Gasteiger partial charge in [0.2, 0.25) is 11.8 Å². The zero-order valence-corrected chi connectivity index (χ0v) is 18.7. The van der Waals surface area contributed by atoms with E-state index in [-0.39, 0.29) is 24.4 Å². The van der Waals surface area contributed by atoms with Crippen molar-refractivity contribution in [3.8, 4) is 0 Å². The highest BCUT2D eigenvalue weighted by molar-refractivity contribution is 7.15. The number of carbonyl (C=O) groups is 2. The molecule has 160 valence electrons. The number of rotatable bonds is 6. The molecule has 1 saturated heterocycles. The molecule has 1 unspecified atom stereocenters. The van der Waals surface area contributed by atoms with Crippen molar-refractivity contribution in [3.05, 3.63) is 46.5 Å². The average molecular weight is 427 g/mol. The lowest BCUT2D eigenvalue weighted by molar-refractivity contribution is -0.134. The number of carbonyl (C=O) groups excluding carboxylic acids is 2. The van der Waals surface area contributed by atoms with Crippen molar-refractivity contribution in [2.45, 2.75) is 51.1 Å². The Morgan fingerprint density at radius 1 is 1.13 bits per heavy atom. The van der Waals surface area contributed by atoms with Crippen LogP contribution in [0.2, 0.25) is 0 Å². The summed E-state index contributed by atoms with van der Waals surface area (Å²) in [6, 6.07) is 9.87. The Morgan fingerprint density at radius 3 is 2.63 bits per heavy atom. The summed E-state index contributed by atoms with van der Waals surface area (Å²) < 4.78 is 0. The number of hydrogen-bond donors (Lipinski definition) is 0. The van der Waals surface area contributed by atoms with Gasteiger partial charge in [-0.15, -0.1) is 11.3 Å². The van der Waals surface area contributed by atoms with E-state index in [0.717, 1.165) is 48.6 Å². The molecule has 1 aliphatic carbocycles. The van der Waals surface area contributed by atoms with E-state index in [1.807, 2.05) is 40.1 Å². The highest BCUT2D eigenvalue weighted by Gasteiger charge is 2.34. The number of aryl methyl sites for hydroxylation is 2. The average Bonchev–Trinajstić information content (AvgIpc) is 3.38. The van der Waals surface area contributed by atoms with Crippen molar-refractivity contribution in [3.63, 3.8) is 0 Å². The number of amides is 2. The Bertz CT molecular complexity index is 872. The highest BCUT2D eigenvalue weighted by atomic mass is 32.1. The van der Waals surface area contributed by atoms with Gasteiger partial charge in [0.25, 0.3) is 0 Å². The number of benzene rings is 1. The van der Waals surface area contributed by atoms with Crippen LogP contribution in [0.15, 0.2) is 30.3 Å². The summed E-state index contributed by atoms with van der Waals surface area (Å²) in [5.41, 5.74) is 2.25. The summed E-state index contributed by atoms with van der Waals surface area (Å²) in [4.78, 5) is 37.7. The summed E-state index contributed by atoms with van der Waals surface area (Å²) in [5.74, 6) is 0.100. The molecule has 1 atom stereocenters. The molecule has 2 heterocycles. The molecular formula is C23H30N4O2S. The Morgan fingerprint density at radius 2 is 1.90 bits per heavy atom. The number of likely N-dealkylation sites (N-methyl/N-ethyl adjacent to an activating group) is 1. The first-order valence-electron chi connectivity index (χ1n) is 10.8. The van der Waals surface area contributed by atoms with Gasteiger partial charge in [-0.1, -0.05) is 30.3 Å². The van der Waals surface area contributed by atoms with Gasteiger partial charge >= 0.3 is 0 Å². The normalized spacial score (nSPS) is 18.8. The van der Waals surface area contributed by atoms with Crippen LogP contribution >= 0.6 is 11.3 Å². The highest BCUT2D eigenvalue weighted by Crippen LogP contribution is 2.33. The molecule has 0 radical (unpaired) electrons. The van der Waals surface area contributed by atoms with E-state index >= 15 is 0 Å². The Hall–Kier alpha value is -2.25. The number of hydrogen-bond acceptors (Lipinski definition) is 5. The molecule has 1 aromatic carbocycles. The third-order valence-corrected chi connectivity index (χ3v) is 7.16. The van der Waals surface area contributed by atoms with Crippen LogP contribution in [0.5, 0.6) is 0 Å². The van der Waals surface area contributed by atoms with E-state index < -0.39 is 0 Å². The topological polar surface area (TPSA) is 56.8 Å². The van der Waals surface area contributed by atoms with Crippen molar-refractivity contribution in [2.75, 3.05) is 32.1 Å². The number of nitrogens with zero attached hydrogens (tertiary/aromatic N) is 4. The predicted octanol–water partition coefficient (Wildman–Crippen LogP) is 3.11. The monoisotopic (exact) mass is 426 g/mol. The Balaban J connectivity index is 1.56. The zero-order valence-electron chi connectivity index (χ0n) is 17.8. The summed E-state index contributed by atoms with van der Waals surface area (Å²) in [7, 11) is 3.56. The molecule has 2 aliphatic rings. The fourth-order valence-electron chi connectivity index (χ4n) is 4.33. The van der Waals surface area contributed by atoms with Crippen LogP contribution in [-0.2, 0) is 29.0 Å². The lowest BCUT2D eigenvalue weighted by Gasteiger charge is -2.28. The predicted molar refractivity (Wildman–Crippen MR) is 120 cm³/mol. The second kappa shape index (κ2) is 9.27. The van der Waals surface area contributed by atoms with E-state index in [4.69, 9.17) is 4.98 Å². The van der Waals surface area contributed by atoms with Gasteiger partial charge in [0.15, 0.2) is 5.13 Å². The number of fused-ring (bicyclic) bond motifs is 1. The van der Waals surface area contributed by atoms with E-state index in [0.29, 0.717) is 6.54 Å². The molecule has 1 aromatic heterocycles. The smallest absolute Gasteiger partial charge is 0.243 e. The SMILES string of the molecule is CN(C)C(=O)C1CCCN1CC(=O)N(Cc1ccccc1)c1nc2c(s1)CCCC2. The minimum absolute atomic E-state index is 0.0170. The lowest BCUT2D eigenvalue weighted by atomic mass is 10.0. The Kier molecular flexibility index (Phi) is 6.49. The maximum atomic E-state index is 13.5. The first-order valence-corrected chi connectivity index (χ1v) is 11.6. The van der Waals surface area contributed by atoms with Gasteiger partial charge in [-0.25, -0.2) is 4.98 Å². The molecule has 1 fully saturated rings. The lowest BCUT2D eigenvalue weighted by Crippen LogP contribution is -2.47. The van der Waals surface area contributed by atoms with E-state index in [1.54, 1.807) is 30.3 Å². The van der Waals surface area contributed by atoms with Crippen molar-refractivity contribution >= 4 is 28.3 Å². The molecule has 0 N–H and O–H groups in total. The molecule has 2 aromatic rings. The van der Waals surface area contributed by atoms with E-state index in [2.05, 4.69) is 0 Å². The van der Waals surface area contributed by atoms with E-state index in [9.17, 15) is 9.59 Å². The van der Waals surface area contributed by atoms with Gasteiger partial charge in [-0.05, 0) is 50.6 Å². The maximum Gasteiger partial charge on any atom is 0.243 e. The second-order valence-corrected chi connectivity index (χ2v) is 9.46. The van der Waals surface area contributed by atoms with Crippen LogP contribution in [0, 0.1) is 0 Å². The fourth-order valence-corrected chi connectivity index (χ4v) is 5.50. The van der Waals surface area contributed by atoms with Gasteiger partial charge in [0, 0.05) is 19.0 Å². The van der Waals surface area contributed by atoms with Crippen LogP contribution in [-0.4, -0.2) is 59.8 Å². The minimum atomic E-state index is -0.202. The van der Waals surface area contributed by atoms with Crippen LogP contribution in [0.25, 0.3) is 0 Å². The van der Waals surface area contributed by atoms with Crippen molar-refractivity contribution < 1.29 is 9.59 Å². The standard InChI is InChI=1S/C23H30N4O2S/c1-25(2)22(29)19-12-8-14-26(19)16-21(28)27(15-17-9-4-3-5-10-17)23-24-18-11-6-7-13-20(18)30-23/h3-5,9-10,19H,6-8,11-16H2,1-2H3. The van der Waals surface area contributed by atoms with Gasteiger partial charge in [-0.2, -0.15) is 0 Å². The van der Waals surface area contributed by atoms with Crippen molar-refractivity contribution in [1.29, 1.82) is 0 Å². The van der Waals surface area contributed by atoms with Crippen LogP contribution < -0.4 is 4.90 Å². The van der Waals surface area contributed by atoms with Gasteiger partial charge in [0.05, 0.1) is 24.8 Å².